The maximum atomic E-state index is 13.0. The second-order valence-corrected chi connectivity index (χ2v) is 4.74. The Morgan fingerprint density at radius 3 is 2.75 bits per heavy atom. The van der Waals surface area contributed by atoms with Crippen LogP contribution in [-0.2, 0) is 6.54 Å². The third-order valence-corrected chi connectivity index (χ3v) is 3.01. The zero-order valence-corrected chi connectivity index (χ0v) is 13.0. The van der Waals surface area contributed by atoms with Crippen molar-refractivity contribution in [3.63, 3.8) is 0 Å². The van der Waals surface area contributed by atoms with E-state index < -0.39 is 11.6 Å². The second kappa shape index (κ2) is 8.66. The monoisotopic (exact) mass is 337 g/mol. The minimum Gasteiger partial charge on any atom is -0.492 e. The number of hydrogen-bond acceptors (Lipinski definition) is 4. The van der Waals surface area contributed by atoms with Gasteiger partial charge in [-0.05, 0) is 23.8 Å². The molecule has 0 saturated heterocycles. The Morgan fingerprint density at radius 2 is 2.00 bits per heavy atom. The summed E-state index contributed by atoms with van der Waals surface area (Å²) in [5, 5.41) is 5.25. The molecule has 2 rings (SSSR count). The first-order valence-corrected chi connectivity index (χ1v) is 7.17. The summed E-state index contributed by atoms with van der Waals surface area (Å²) in [6, 6.07) is 6.34. The number of urea groups is 1. The maximum absolute atomic E-state index is 13.0. The van der Waals surface area contributed by atoms with Crippen LogP contribution in [0.4, 0.5) is 13.6 Å². The molecule has 0 aliphatic carbocycles. The van der Waals surface area contributed by atoms with Crippen molar-refractivity contribution in [1.82, 2.24) is 15.6 Å². The van der Waals surface area contributed by atoms with Crippen LogP contribution >= 0.6 is 0 Å². The molecule has 0 atom stereocenters. The predicted octanol–water partition coefficient (Wildman–Crippen LogP) is 2.25. The standard InChI is InChI=1S/C16H17F2N3O3/c1-23-15-8-11(4-5-19-15)10-21-16(22)20-6-7-24-12-2-3-13(17)14(18)9-12/h2-5,8-9H,6-7,10H2,1H3,(H2,20,21,22). The van der Waals surface area contributed by atoms with E-state index in [0.29, 0.717) is 12.4 Å². The molecule has 0 aliphatic rings. The minimum absolute atomic E-state index is 0.127. The number of nitrogens with zero attached hydrogens (tertiary/aromatic N) is 1. The largest absolute Gasteiger partial charge is 0.492 e. The molecule has 1 aromatic heterocycles. The van der Waals surface area contributed by atoms with Crippen LogP contribution in [0.15, 0.2) is 36.5 Å². The van der Waals surface area contributed by atoms with Crippen LogP contribution in [0.3, 0.4) is 0 Å². The quantitative estimate of drug-likeness (QED) is 0.760. The zero-order valence-electron chi connectivity index (χ0n) is 13.0. The smallest absolute Gasteiger partial charge is 0.315 e. The van der Waals surface area contributed by atoms with Gasteiger partial charge in [0.2, 0.25) is 5.88 Å². The van der Waals surface area contributed by atoms with E-state index >= 15 is 0 Å². The van der Waals surface area contributed by atoms with Gasteiger partial charge in [-0.1, -0.05) is 0 Å². The number of rotatable bonds is 7. The van der Waals surface area contributed by atoms with Crippen molar-refractivity contribution in [3.8, 4) is 11.6 Å². The van der Waals surface area contributed by atoms with Gasteiger partial charge in [-0.2, -0.15) is 0 Å². The molecule has 24 heavy (non-hydrogen) atoms. The van der Waals surface area contributed by atoms with Crippen molar-refractivity contribution in [2.75, 3.05) is 20.3 Å². The van der Waals surface area contributed by atoms with E-state index in [1.165, 1.54) is 13.2 Å². The van der Waals surface area contributed by atoms with Crippen molar-refractivity contribution in [1.29, 1.82) is 0 Å². The van der Waals surface area contributed by atoms with Crippen LogP contribution in [0.25, 0.3) is 0 Å². The average molecular weight is 337 g/mol. The van der Waals surface area contributed by atoms with Crippen molar-refractivity contribution in [2.45, 2.75) is 6.54 Å². The van der Waals surface area contributed by atoms with Crippen molar-refractivity contribution in [3.05, 3.63) is 53.7 Å². The molecular formula is C16H17F2N3O3. The normalized spacial score (nSPS) is 10.1. The van der Waals surface area contributed by atoms with Crippen LogP contribution in [0, 0.1) is 11.6 Å². The lowest BCUT2D eigenvalue weighted by molar-refractivity contribution is 0.236. The van der Waals surface area contributed by atoms with Crippen molar-refractivity contribution >= 4 is 6.03 Å². The summed E-state index contributed by atoms with van der Waals surface area (Å²) < 4.78 is 35.9. The SMILES string of the molecule is COc1cc(CNC(=O)NCCOc2ccc(F)c(F)c2)ccn1. The van der Waals surface area contributed by atoms with Crippen LogP contribution in [0.1, 0.15) is 5.56 Å². The Hall–Kier alpha value is -2.90. The van der Waals surface area contributed by atoms with Gasteiger partial charge in [0.15, 0.2) is 11.6 Å². The van der Waals surface area contributed by atoms with Gasteiger partial charge in [0, 0.05) is 24.9 Å². The van der Waals surface area contributed by atoms with Crippen molar-refractivity contribution in [2.24, 2.45) is 0 Å². The number of amides is 2. The second-order valence-electron chi connectivity index (χ2n) is 4.74. The summed E-state index contributed by atoms with van der Waals surface area (Å²) in [4.78, 5) is 15.6. The summed E-state index contributed by atoms with van der Waals surface area (Å²) in [5.41, 5.74) is 0.843. The average Bonchev–Trinajstić information content (AvgIpc) is 2.60. The number of hydrogen-bond donors (Lipinski definition) is 2. The van der Waals surface area contributed by atoms with Crippen LogP contribution in [0.5, 0.6) is 11.6 Å². The highest BCUT2D eigenvalue weighted by molar-refractivity contribution is 5.73. The van der Waals surface area contributed by atoms with Gasteiger partial charge in [-0.25, -0.2) is 18.6 Å². The van der Waals surface area contributed by atoms with Crippen LogP contribution in [-0.4, -0.2) is 31.3 Å². The predicted molar refractivity (Wildman–Crippen MR) is 82.9 cm³/mol. The van der Waals surface area contributed by atoms with Gasteiger partial charge in [0.25, 0.3) is 0 Å². The number of ether oxygens (including phenoxy) is 2. The molecule has 2 amide bonds. The van der Waals surface area contributed by atoms with E-state index in [4.69, 9.17) is 9.47 Å². The van der Waals surface area contributed by atoms with E-state index in [-0.39, 0.29) is 24.9 Å². The van der Waals surface area contributed by atoms with Crippen LogP contribution in [0.2, 0.25) is 0 Å². The molecule has 128 valence electrons. The molecule has 0 bridgehead atoms. The number of carbonyl (C=O) groups is 1. The number of benzene rings is 1. The molecule has 0 radical (unpaired) electrons. The summed E-state index contributed by atoms with van der Waals surface area (Å²) in [7, 11) is 1.51. The zero-order chi connectivity index (χ0) is 17.4. The topological polar surface area (TPSA) is 72.5 Å². The maximum Gasteiger partial charge on any atom is 0.315 e. The molecule has 1 aromatic carbocycles. The lowest BCUT2D eigenvalue weighted by Gasteiger charge is -2.09. The fraction of sp³-hybridized carbons (Fsp3) is 0.250. The van der Waals surface area contributed by atoms with E-state index in [9.17, 15) is 13.6 Å². The highest BCUT2D eigenvalue weighted by atomic mass is 19.2. The van der Waals surface area contributed by atoms with Gasteiger partial charge in [-0.15, -0.1) is 0 Å². The molecule has 0 fully saturated rings. The Kier molecular flexibility index (Phi) is 6.30. The van der Waals surface area contributed by atoms with Crippen LogP contribution < -0.4 is 20.1 Å². The molecule has 0 aliphatic heterocycles. The van der Waals surface area contributed by atoms with Gasteiger partial charge < -0.3 is 20.1 Å². The Balaban J connectivity index is 1.66. The summed E-state index contributed by atoms with van der Waals surface area (Å²) in [6.45, 7) is 0.654. The molecule has 1 heterocycles. The third kappa shape index (κ3) is 5.38. The first kappa shape index (κ1) is 17.5. The first-order chi connectivity index (χ1) is 11.6. The van der Waals surface area contributed by atoms with Gasteiger partial charge in [0.1, 0.15) is 12.4 Å². The lowest BCUT2D eigenvalue weighted by atomic mass is 10.2. The number of halogens is 2. The molecular weight excluding hydrogens is 320 g/mol. The molecule has 8 heteroatoms. The molecule has 0 spiro atoms. The Morgan fingerprint density at radius 1 is 1.17 bits per heavy atom. The van der Waals surface area contributed by atoms with E-state index in [1.54, 1.807) is 18.3 Å². The Bertz CT molecular complexity index is 698. The van der Waals surface area contributed by atoms with E-state index in [0.717, 1.165) is 17.7 Å². The molecule has 2 aromatic rings. The number of carbonyl (C=O) groups excluding carboxylic acids is 1. The molecule has 0 saturated carbocycles. The summed E-state index contributed by atoms with van der Waals surface area (Å²) in [6.07, 6.45) is 1.59. The van der Waals surface area contributed by atoms with E-state index in [2.05, 4.69) is 15.6 Å². The number of aromatic nitrogens is 1. The number of pyridine rings is 1. The lowest BCUT2D eigenvalue weighted by Crippen LogP contribution is -2.37. The number of methoxy groups -OCH3 is 1. The minimum atomic E-state index is -0.981. The van der Waals surface area contributed by atoms with Crippen molar-refractivity contribution < 1.29 is 23.0 Å². The summed E-state index contributed by atoms with van der Waals surface area (Å²) >= 11 is 0. The van der Waals surface area contributed by atoms with Gasteiger partial charge in [-0.3, -0.25) is 0 Å². The first-order valence-electron chi connectivity index (χ1n) is 7.17. The molecule has 0 unspecified atom stereocenters. The van der Waals surface area contributed by atoms with E-state index in [1.807, 2.05) is 0 Å². The number of nitrogens with one attached hydrogen (secondary N) is 2. The van der Waals surface area contributed by atoms with Gasteiger partial charge in [0.05, 0.1) is 13.7 Å². The highest BCUT2D eigenvalue weighted by Crippen LogP contribution is 2.15. The van der Waals surface area contributed by atoms with Gasteiger partial charge >= 0.3 is 6.03 Å². The summed E-state index contributed by atoms with van der Waals surface area (Å²) in [5.74, 6) is -1.26. The fourth-order valence-electron chi connectivity index (χ4n) is 1.82. The molecule has 6 nitrogen and oxygen atoms in total. The Labute approximate surface area is 137 Å². The molecule has 2 N–H and O–H groups in total. The highest BCUT2D eigenvalue weighted by Gasteiger charge is 2.04. The fourth-order valence-corrected chi connectivity index (χ4v) is 1.82. The third-order valence-electron chi connectivity index (χ3n) is 3.01.